The SMILES string of the molecule is CCC(N)(CC)C(=O)N(C)Cc1ccc(C)cc1. The second-order valence-corrected chi connectivity index (χ2v) is 5.01. The topological polar surface area (TPSA) is 46.3 Å². The first-order valence-corrected chi connectivity index (χ1v) is 6.53. The highest BCUT2D eigenvalue weighted by atomic mass is 16.2. The van der Waals surface area contributed by atoms with Gasteiger partial charge in [-0.2, -0.15) is 0 Å². The Bertz CT molecular complexity index is 393. The first kappa shape index (κ1) is 14.7. The van der Waals surface area contributed by atoms with E-state index < -0.39 is 5.54 Å². The lowest BCUT2D eigenvalue weighted by molar-refractivity contribution is -0.136. The highest BCUT2D eigenvalue weighted by Gasteiger charge is 2.32. The Morgan fingerprint density at radius 1 is 1.22 bits per heavy atom. The summed E-state index contributed by atoms with van der Waals surface area (Å²) in [6, 6.07) is 8.22. The summed E-state index contributed by atoms with van der Waals surface area (Å²) < 4.78 is 0. The van der Waals surface area contributed by atoms with E-state index >= 15 is 0 Å². The zero-order valence-corrected chi connectivity index (χ0v) is 11.9. The number of carbonyl (C=O) groups is 1. The zero-order valence-electron chi connectivity index (χ0n) is 11.9. The van der Waals surface area contributed by atoms with E-state index in [-0.39, 0.29) is 5.91 Å². The number of hydrogen-bond donors (Lipinski definition) is 1. The number of aryl methyl sites for hydroxylation is 1. The second-order valence-electron chi connectivity index (χ2n) is 5.01. The molecule has 0 unspecified atom stereocenters. The molecule has 1 amide bonds. The van der Waals surface area contributed by atoms with Crippen LogP contribution in [0.1, 0.15) is 37.8 Å². The maximum absolute atomic E-state index is 12.3. The van der Waals surface area contributed by atoms with E-state index in [2.05, 4.69) is 31.2 Å². The van der Waals surface area contributed by atoms with Crippen molar-refractivity contribution < 1.29 is 4.79 Å². The van der Waals surface area contributed by atoms with Crippen LogP contribution in [0.4, 0.5) is 0 Å². The summed E-state index contributed by atoms with van der Waals surface area (Å²) in [5, 5.41) is 0. The number of amides is 1. The summed E-state index contributed by atoms with van der Waals surface area (Å²) in [4.78, 5) is 14.0. The lowest BCUT2D eigenvalue weighted by atomic mass is 9.92. The molecule has 0 aliphatic rings. The van der Waals surface area contributed by atoms with Gasteiger partial charge in [0.25, 0.3) is 0 Å². The van der Waals surface area contributed by atoms with Gasteiger partial charge in [0.05, 0.1) is 5.54 Å². The molecule has 0 aliphatic heterocycles. The Hall–Kier alpha value is -1.35. The third-order valence-corrected chi connectivity index (χ3v) is 3.57. The Morgan fingerprint density at radius 2 is 1.72 bits per heavy atom. The lowest BCUT2D eigenvalue weighted by Crippen LogP contribution is -2.53. The number of rotatable bonds is 5. The van der Waals surface area contributed by atoms with Gasteiger partial charge in [0.15, 0.2) is 0 Å². The van der Waals surface area contributed by atoms with Crippen LogP contribution in [0, 0.1) is 6.92 Å². The molecule has 3 heteroatoms. The van der Waals surface area contributed by atoms with Crippen LogP contribution in [-0.4, -0.2) is 23.4 Å². The maximum Gasteiger partial charge on any atom is 0.242 e. The fourth-order valence-corrected chi connectivity index (χ4v) is 1.97. The van der Waals surface area contributed by atoms with Gasteiger partial charge in [-0.3, -0.25) is 4.79 Å². The number of hydrogen-bond acceptors (Lipinski definition) is 2. The van der Waals surface area contributed by atoms with Crippen LogP contribution in [0.15, 0.2) is 24.3 Å². The van der Waals surface area contributed by atoms with Crippen molar-refractivity contribution in [1.82, 2.24) is 4.90 Å². The van der Waals surface area contributed by atoms with Gasteiger partial charge in [0, 0.05) is 13.6 Å². The Balaban J connectivity index is 2.73. The van der Waals surface area contributed by atoms with Crippen molar-refractivity contribution in [1.29, 1.82) is 0 Å². The fraction of sp³-hybridized carbons (Fsp3) is 0.533. The summed E-state index contributed by atoms with van der Waals surface area (Å²) in [5.41, 5.74) is 7.76. The van der Waals surface area contributed by atoms with E-state index in [4.69, 9.17) is 5.73 Å². The van der Waals surface area contributed by atoms with Crippen molar-refractivity contribution in [3.63, 3.8) is 0 Å². The molecule has 0 bridgehead atoms. The highest BCUT2D eigenvalue weighted by molar-refractivity contribution is 5.85. The quantitative estimate of drug-likeness (QED) is 0.870. The average Bonchev–Trinajstić information content (AvgIpc) is 2.39. The third-order valence-electron chi connectivity index (χ3n) is 3.57. The maximum atomic E-state index is 12.3. The lowest BCUT2D eigenvalue weighted by Gasteiger charge is -2.30. The van der Waals surface area contributed by atoms with Gasteiger partial charge in [0.1, 0.15) is 0 Å². The summed E-state index contributed by atoms with van der Waals surface area (Å²) >= 11 is 0. The van der Waals surface area contributed by atoms with E-state index in [1.54, 1.807) is 4.90 Å². The van der Waals surface area contributed by atoms with Crippen LogP contribution in [0.5, 0.6) is 0 Å². The van der Waals surface area contributed by atoms with Gasteiger partial charge in [-0.25, -0.2) is 0 Å². The van der Waals surface area contributed by atoms with E-state index in [9.17, 15) is 4.79 Å². The van der Waals surface area contributed by atoms with Crippen LogP contribution >= 0.6 is 0 Å². The van der Waals surface area contributed by atoms with Crippen LogP contribution in [0.25, 0.3) is 0 Å². The van der Waals surface area contributed by atoms with Gasteiger partial charge in [-0.1, -0.05) is 43.7 Å². The van der Waals surface area contributed by atoms with E-state index in [0.717, 1.165) is 5.56 Å². The Kier molecular flexibility index (Phi) is 4.91. The van der Waals surface area contributed by atoms with Crippen molar-refractivity contribution in [2.24, 2.45) is 5.73 Å². The molecule has 1 aromatic carbocycles. The van der Waals surface area contributed by atoms with Gasteiger partial charge < -0.3 is 10.6 Å². The largest absolute Gasteiger partial charge is 0.340 e. The second kappa shape index (κ2) is 6.01. The molecule has 0 spiro atoms. The molecule has 1 aromatic rings. The molecule has 18 heavy (non-hydrogen) atoms. The van der Waals surface area contributed by atoms with Gasteiger partial charge >= 0.3 is 0 Å². The molecule has 0 aliphatic carbocycles. The summed E-state index contributed by atoms with van der Waals surface area (Å²) in [6.07, 6.45) is 1.33. The van der Waals surface area contributed by atoms with Crippen molar-refractivity contribution in [3.05, 3.63) is 35.4 Å². The highest BCUT2D eigenvalue weighted by Crippen LogP contribution is 2.16. The van der Waals surface area contributed by atoms with Crippen molar-refractivity contribution in [3.8, 4) is 0 Å². The zero-order chi connectivity index (χ0) is 13.8. The van der Waals surface area contributed by atoms with E-state index in [0.29, 0.717) is 19.4 Å². The molecular weight excluding hydrogens is 224 g/mol. The molecule has 0 radical (unpaired) electrons. The molecule has 3 nitrogen and oxygen atoms in total. The molecule has 2 N–H and O–H groups in total. The van der Waals surface area contributed by atoms with Crippen LogP contribution in [0.2, 0.25) is 0 Å². The summed E-state index contributed by atoms with van der Waals surface area (Å²) in [5.74, 6) is 0.0214. The first-order chi connectivity index (χ1) is 8.42. The Morgan fingerprint density at radius 3 is 2.17 bits per heavy atom. The monoisotopic (exact) mass is 248 g/mol. The number of likely N-dealkylation sites (N-methyl/N-ethyl adjacent to an activating group) is 1. The van der Waals surface area contributed by atoms with Gasteiger partial charge in [-0.15, -0.1) is 0 Å². The van der Waals surface area contributed by atoms with E-state index in [1.807, 2.05) is 20.9 Å². The molecule has 1 rings (SSSR count). The third kappa shape index (κ3) is 3.33. The number of benzene rings is 1. The minimum atomic E-state index is -0.723. The molecule has 0 fully saturated rings. The molecule has 0 aromatic heterocycles. The van der Waals surface area contributed by atoms with Crippen molar-refractivity contribution in [2.45, 2.75) is 45.7 Å². The van der Waals surface area contributed by atoms with Crippen molar-refractivity contribution in [2.75, 3.05) is 7.05 Å². The minimum Gasteiger partial charge on any atom is -0.340 e. The fourth-order valence-electron chi connectivity index (χ4n) is 1.97. The normalized spacial score (nSPS) is 11.4. The van der Waals surface area contributed by atoms with Crippen LogP contribution in [0.3, 0.4) is 0 Å². The predicted octanol–water partition coefficient (Wildman–Crippen LogP) is 2.47. The first-order valence-electron chi connectivity index (χ1n) is 6.53. The van der Waals surface area contributed by atoms with E-state index in [1.165, 1.54) is 5.56 Å². The van der Waals surface area contributed by atoms with Crippen LogP contribution < -0.4 is 5.73 Å². The molecule has 0 heterocycles. The van der Waals surface area contributed by atoms with Gasteiger partial charge in [-0.05, 0) is 25.3 Å². The molecular formula is C15H24N2O. The predicted molar refractivity (Wildman–Crippen MR) is 75.2 cm³/mol. The number of carbonyl (C=O) groups excluding carboxylic acids is 1. The van der Waals surface area contributed by atoms with Gasteiger partial charge in [0.2, 0.25) is 5.91 Å². The van der Waals surface area contributed by atoms with Crippen LogP contribution in [-0.2, 0) is 11.3 Å². The molecule has 0 saturated heterocycles. The smallest absolute Gasteiger partial charge is 0.242 e. The number of nitrogens with zero attached hydrogens (tertiary/aromatic N) is 1. The Labute approximate surface area is 110 Å². The molecule has 0 saturated carbocycles. The number of nitrogens with two attached hydrogens (primary N) is 1. The molecule has 100 valence electrons. The summed E-state index contributed by atoms with van der Waals surface area (Å²) in [7, 11) is 1.81. The van der Waals surface area contributed by atoms with Crippen molar-refractivity contribution >= 4 is 5.91 Å². The molecule has 0 atom stereocenters. The summed E-state index contributed by atoms with van der Waals surface area (Å²) in [6.45, 7) is 6.58. The average molecular weight is 248 g/mol. The minimum absolute atomic E-state index is 0.0214. The standard InChI is InChI=1S/C15H24N2O/c1-5-15(16,6-2)14(18)17(4)11-13-9-7-12(3)8-10-13/h7-10H,5-6,11,16H2,1-4H3.